The van der Waals surface area contributed by atoms with Crippen LogP contribution in [-0.2, 0) is 6.54 Å². The first-order valence-electron chi connectivity index (χ1n) is 5.91. The Morgan fingerprint density at radius 2 is 2.22 bits per heavy atom. The molecule has 0 amide bonds. The molecule has 1 unspecified atom stereocenters. The van der Waals surface area contributed by atoms with Crippen molar-refractivity contribution in [3.05, 3.63) is 35.1 Å². The van der Waals surface area contributed by atoms with Crippen molar-refractivity contribution in [1.29, 1.82) is 0 Å². The van der Waals surface area contributed by atoms with Crippen molar-refractivity contribution in [2.45, 2.75) is 32.4 Å². The van der Waals surface area contributed by atoms with Crippen LogP contribution in [0.25, 0.3) is 0 Å². The van der Waals surface area contributed by atoms with Gasteiger partial charge in [-0.1, -0.05) is 0 Å². The minimum atomic E-state index is -1.06. The van der Waals surface area contributed by atoms with E-state index in [1.165, 1.54) is 12.1 Å². The summed E-state index contributed by atoms with van der Waals surface area (Å²) in [6.07, 6.45) is 1.14. The summed E-state index contributed by atoms with van der Waals surface area (Å²) < 4.78 is 13.4. The Balaban J connectivity index is 2.46. The van der Waals surface area contributed by atoms with Crippen LogP contribution in [0, 0.1) is 5.82 Å². The highest BCUT2D eigenvalue weighted by Crippen LogP contribution is 2.10. The van der Waals surface area contributed by atoms with E-state index in [1.54, 1.807) is 6.92 Å². The first kappa shape index (κ1) is 14.6. The summed E-state index contributed by atoms with van der Waals surface area (Å²) in [5.74, 6) is -1.48. The molecular weight excluding hydrogens is 237 g/mol. The molecule has 0 bridgehead atoms. The van der Waals surface area contributed by atoms with E-state index in [2.05, 4.69) is 5.32 Å². The summed E-state index contributed by atoms with van der Waals surface area (Å²) in [4.78, 5) is 10.7. The second-order valence-electron chi connectivity index (χ2n) is 4.28. The van der Waals surface area contributed by atoms with Crippen LogP contribution in [0.4, 0.5) is 4.39 Å². The van der Waals surface area contributed by atoms with Gasteiger partial charge in [0.1, 0.15) is 5.82 Å². The molecule has 0 aliphatic heterocycles. The predicted octanol–water partition coefficient (Wildman–Crippen LogP) is 1.77. The van der Waals surface area contributed by atoms with Crippen LogP contribution < -0.4 is 5.32 Å². The standard InChI is InChI=1S/C13H18FNO3/c1-9(16)3-2-6-15-8-11-7-10(13(17)18)4-5-12(11)14/h4-5,7,9,15-16H,2-3,6,8H2,1H3,(H,17,18). The molecule has 0 saturated heterocycles. The van der Waals surface area contributed by atoms with Crippen LogP contribution in [0.2, 0.25) is 0 Å². The maximum atomic E-state index is 13.4. The number of carboxylic acids is 1. The molecule has 0 aliphatic rings. The number of aliphatic hydroxyl groups excluding tert-OH is 1. The zero-order valence-electron chi connectivity index (χ0n) is 10.3. The quantitative estimate of drug-likeness (QED) is 0.649. The summed E-state index contributed by atoms with van der Waals surface area (Å²) in [6.45, 7) is 2.66. The minimum Gasteiger partial charge on any atom is -0.478 e. The molecule has 1 rings (SSSR count). The van der Waals surface area contributed by atoms with E-state index in [0.717, 1.165) is 12.5 Å². The van der Waals surface area contributed by atoms with Gasteiger partial charge in [0.05, 0.1) is 11.7 Å². The Morgan fingerprint density at radius 1 is 1.50 bits per heavy atom. The third-order valence-electron chi connectivity index (χ3n) is 2.58. The highest BCUT2D eigenvalue weighted by molar-refractivity contribution is 5.87. The van der Waals surface area contributed by atoms with E-state index < -0.39 is 11.8 Å². The fraction of sp³-hybridized carbons (Fsp3) is 0.462. The number of aliphatic hydroxyl groups is 1. The normalized spacial score (nSPS) is 12.4. The average molecular weight is 255 g/mol. The van der Waals surface area contributed by atoms with E-state index in [1.807, 2.05) is 0 Å². The molecule has 0 spiro atoms. The van der Waals surface area contributed by atoms with Crippen LogP contribution >= 0.6 is 0 Å². The molecule has 1 atom stereocenters. The summed E-state index contributed by atoms with van der Waals surface area (Å²) in [5, 5.41) is 20.9. The molecule has 1 aromatic rings. The number of carboxylic acid groups (broad SMARTS) is 1. The van der Waals surface area contributed by atoms with Gasteiger partial charge in [0.15, 0.2) is 0 Å². The number of hydrogen-bond acceptors (Lipinski definition) is 3. The number of rotatable bonds is 7. The average Bonchev–Trinajstić information content (AvgIpc) is 2.30. The van der Waals surface area contributed by atoms with Crippen LogP contribution in [0.5, 0.6) is 0 Å². The summed E-state index contributed by atoms with van der Waals surface area (Å²) >= 11 is 0. The van der Waals surface area contributed by atoms with Crippen molar-refractivity contribution in [2.75, 3.05) is 6.54 Å². The second-order valence-corrected chi connectivity index (χ2v) is 4.28. The topological polar surface area (TPSA) is 69.6 Å². The van der Waals surface area contributed by atoms with Gasteiger partial charge in [0, 0.05) is 12.1 Å². The maximum absolute atomic E-state index is 13.4. The number of nitrogens with one attached hydrogen (secondary N) is 1. The van der Waals surface area contributed by atoms with Gasteiger partial charge in [-0.15, -0.1) is 0 Å². The van der Waals surface area contributed by atoms with Crippen molar-refractivity contribution in [3.8, 4) is 0 Å². The van der Waals surface area contributed by atoms with E-state index in [-0.39, 0.29) is 18.2 Å². The number of aromatic carboxylic acids is 1. The summed E-state index contributed by atoms with van der Waals surface area (Å²) in [7, 11) is 0. The smallest absolute Gasteiger partial charge is 0.335 e. The summed E-state index contributed by atoms with van der Waals surface area (Å²) in [6, 6.07) is 3.74. The van der Waals surface area contributed by atoms with Gasteiger partial charge in [-0.3, -0.25) is 0 Å². The van der Waals surface area contributed by atoms with Gasteiger partial charge in [-0.2, -0.15) is 0 Å². The van der Waals surface area contributed by atoms with Gasteiger partial charge in [0.2, 0.25) is 0 Å². The van der Waals surface area contributed by atoms with E-state index >= 15 is 0 Å². The minimum absolute atomic E-state index is 0.0807. The van der Waals surface area contributed by atoms with Crippen molar-refractivity contribution in [2.24, 2.45) is 0 Å². The van der Waals surface area contributed by atoms with Gasteiger partial charge in [0.25, 0.3) is 0 Å². The lowest BCUT2D eigenvalue weighted by atomic mass is 10.1. The van der Waals surface area contributed by atoms with E-state index in [0.29, 0.717) is 18.5 Å². The Labute approximate surface area is 105 Å². The zero-order valence-corrected chi connectivity index (χ0v) is 10.3. The highest BCUT2D eigenvalue weighted by Gasteiger charge is 2.07. The van der Waals surface area contributed by atoms with Gasteiger partial charge < -0.3 is 15.5 Å². The number of hydrogen-bond donors (Lipinski definition) is 3. The van der Waals surface area contributed by atoms with Crippen LogP contribution in [0.1, 0.15) is 35.7 Å². The van der Waals surface area contributed by atoms with Crippen molar-refractivity contribution in [3.63, 3.8) is 0 Å². The fourth-order valence-electron chi connectivity index (χ4n) is 1.59. The van der Waals surface area contributed by atoms with E-state index in [4.69, 9.17) is 10.2 Å². The lowest BCUT2D eigenvalue weighted by Crippen LogP contribution is -2.17. The molecule has 0 fully saturated rings. The van der Waals surface area contributed by atoms with Gasteiger partial charge >= 0.3 is 5.97 Å². The van der Waals surface area contributed by atoms with Crippen LogP contribution in [0.3, 0.4) is 0 Å². The molecule has 18 heavy (non-hydrogen) atoms. The molecule has 1 aromatic carbocycles. The Kier molecular flexibility index (Phi) is 5.74. The number of halogens is 1. The van der Waals surface area contributed by atoms with Crippen molar-refractivity contribution < 1.29 is 19.4 Å². The first-order valence-corrected chi connectivity index (χ1v) is 5.91. The second kappa shape index (κ2) is 7.08. The zero-order chi connectivity index (χ0) is 13.5. The number of benzene rings is 1. The van der Waals surface area contributed by atoms with Gasteiger partial charge in [-0.05, 0) is 44.5 Å². The van der Waals surface area contributed by atoms with Crippen molar-refractivity contribution in [1.82, 2.24) is 5.32 Å². The molecule has 0 aliphatic carbocycles. The molecule has 4 nitrogen and oxygen atoms in total. The maximum Gasteiger partial charge on any atom is 0.335 e. The third-order valence-corrected chi connectivity index (χ3v) is 2.58. The van der Waals surface area contributed by atoms with Crippen molar-refractivity contribution >= 4 is 5.97 Å². The van der Waals surface area contributed by atoms with Crippen LogP contribution in [-0.4, -0.2) is 28.8 Å². The van der Waals surface area contributed by atoms with Crippen LogP contribution in [0.15, 0.2) is 18.2 Å². The van der Waals surface area contributed by atoms with Gasteiger partial charge in [-0.25, -0.2) is 9.18 Å². The SMILES string of the molecule is CC(O)CCCNCc1cc(C(=O)O)ccc1F. The molecular formula is C13H18FNO3. The Bertz CT molecular complexity index is 407. The fourth-order valence-corrected chi connectivity index (χ4v) is 1.59. The lowest BCUT2D eigenvalue weighted by Gasteiger charge is -2.08. The molecule has 0 heterocycles. The molecule has 100 valence electrons. The summed E-state index contributed by atoms with van der Waals surface area (Å²) in [5.41, 5.74) is 0.420. The monoisotopic (exact) mass is 255 g/mol. The van der Waals surface area contributed by atoms with E-state index in [9.17, 15) is 9.18 Å². The molecule has 3 N–H and O–H groups in total. The molecule has 0 aromatic heterocycles. The molecule has 0 radical (unpaired) electrons. The lowest BCUT2D eigenvalue weighted by molar-refractivity contribution is 0.0696. The number of carbonyl (C=O) groups is 1. The molecule has 0 saturated carbocycles. The first-order chi connectivity index (χ1) is 8.50. The third kappa shape index (κ3) is 4.81. The Morgan fingerprint density at radius 3 is 2.83 bits per heavy atom. The predicted molar refractivity (Wildman–Crippen MR) is 66.0 cm³/mol. The molecule has 5 heteroatoms. The largest absolute Gasteiger partial charge is 0.478 e. The highest BCUT2D eigenvalue weighted by atomic mass is 19.1. The Hall–Kier alpha value is -1.46.